The lowest BCUT2D eigenvalue weighted by molar-refractivity contribution is 0.679. The van der Waals surface area contributed by atoms with Crippen LogP contribution in [0.25, 0.3) is 10.6 Å². The Hall–Kier alpha value is -1.26. The van der Waals surface area contributed by atoms with Crippen LogP contribution in [0.1, 0.15) is 23.4 Å². The lowest BCUT2D eigenvalue weighted by atomic mass is 10.1. The Labute approximate surface area is 105 Å². The second-order valence-electron chi connectivity index (χ2n) is 4.47. The van der Waals surface area contributed by atoms with E-state index in [4.69, 9.17) is 0 Å². The molecule has 17 heavy (non-hydrogen) atoms. The van der Waals surface area contributed by atoms with Gasteiger partial charge in [-0.1, -0.05) is 35.6 Å². The fourth-order valence-electron chi connectivity index (χ4n) is 1.77. The molecule has 1 saturated carbocycles. The fourth-order valence-corrected chi connectivity index (χ4v) is 2.65. The standard InChI is InChI=1S/C13H15N3S/c1-9-4-2-3-5-11(9)13-16-15-12(17-13)8-14-10-6-7-10/h2-5,10,14H,6-8H2,1H3. The Morgan fingerprint density at radius 1 is 1.29 bits per heavy atom. The molecular formula is C13H15N3S. The SMILES string of the molecule is Cc1ccccc1-c1nnc(CNC2CC2)s1. The molecule has 3 rings (SSSR count). The highest BCUT2D eigenvalue weighted by Crippen LogP contribution is 2.27. The summed E-state index contributed by atoms with van der Waals surface area (Å²) in [6.07, 6.45) is 2.62. The second-order valence-corrected chi connectivity index (χ2v) is 5.53. The smallest absolute Gasteiger partial charge is 0.148 e. The van der Waals surface area contributed by atoms with Gasteiger partial charge in [-0.15, -0.1) is 10.2 Å². The van der Waals surface area contributed by atoms with Crippen molar-refractivity contribution in [3.8, 4) is 10.6 Å². The Morgan fingerprint density at radius 3 is 2.88 bits per heavy atom. The van der Waals surface area contributed by atoms with Gasteiger partial charge in [0.25, 0.3) is 0 Å². The van der Waals surface area contributed by atoms with Crippen LogP contribution in [-0.4, -0.2) is 16.2 Å². The van der Waals surface area contributed by atoms with Crippen LogP contribution < -0.4 is 5.32 Å². The Balaban J connectivity index is 1.77. The molecule has 0 radical (unpaired) electrons. The monoisotopic (exact) mass is 245 g/mol. The minimum atomic E-state index is 0.723. The van der Waals surface area contributed by atoms with Crippen LogP contribution in [0, 0.1) is 6.92 Å². The van der Waals surface area contributed by atoms with E-state index >= 15 is 0 Å². The van der Waals surface area contributed by atoms with Crippen LogP contribution in [0.2, 0.25) is 0 Å². The van der Waals surface area contributed by atoms with E-state index in [0.717, 1.165) is 22.6 Å². The molecule has 1 aliphatic rings. The average Bonchev–Trinajstić information content (AvgIpc) is 3.06. The molecular weight excluding hydrogens is 230 g/mol. The number of benzene rings is 1. The van der Waals surface area contributed by atoms with Gasteiger partial charge in [0.05, 0.1) is 0 Å². The summed E-state index contributed by atoms with van der Waals surface area (Å²) in [5, 5.41) is 14.1. The molecule has 0 aliphatic heterocycles. The topological polar surface area (TPSA) is 37.8 Å². The normalized spacial score (nSPS) is 15.1. The highest BCUT2D eigenvalue weighted by atomic mass is 32.1. The number of nitrogens with zero attached hydrogens (tertiary/aromatic N) is 2. The van der Waals surface area contributed by atoms with E-state index in [-0.39, 0.29) is 0 Å². The van der Waals surface area contributed by atoms with E-state index in [1.807, 2.05) is 6.07 Å². The van der Waals surface area contributed by atoms with Crippen molar-refractivity contribution < 1.29 is 0 Å². The van der Waals surface area contributed by atoms with Gasteiger partial charge in [-0.05, 0) is 25.3 Å². The zero-order chi connectivity index (χ0) is 11.7. The molecule has 0 bridgehead atoms. The number of hydrogen-bond donors (Lipinski definition) is 1. The second kappa shape index (κ2) is 4.55. The molecule has 1 aromatic heterocycles. The summed E-state index contributed by atoms with van der Waals surface area (Å²) in [7, 11) is 0. The molecule has 2 aromatic rings. The Morgan fingerprint density at radius 2 is 2.12 bits per heavy atom. The first-order chi connectivity index (χ1) is 8.33. The van der Waals surface area contributed by atoms with Crippen LogP contribution in [0.15, 0.2) is 24.3 Å². The molecule has 0 spiro atoms. The first-order valence-electron chi connectivity index (χ1n) is 5.95. The highest BCUT2D eigenvalue weighted by Gasteiger charge is 2.20. The number of rotatable bonds is 4. The van der Waals surface area contributed by atoms with E-state index in [9.17, 15) is 0 Å². The van der Waals surface area contributed by atoms with Crippen molar-refractivity contribution in [2.45, 2.75) is 32.4 Å². The largest absolute Gasteiger partial charge is 0.308 e. The molecule has 88 valence electrons. The van der Waals surface area contributed by atoms with E-state index in [2.05, 4.69) is 40.6 Å². The number of aromatic nitrogens is 2. The van der Waals surface area contributed by atoms with E-state index < -0.39 is 0 Å². The van der Waals surface area contributed by atoms with Crippen molar-refractivity contribution in [3.63, 3.8) is 0 Å². The number of nitrogens with one attached hydrogen (secondary N) is 1. The summed E-state index contributed by atoms with van der Waals surface area (Å²) < 4.78 is 0. The third kappa shape index (κ3) is 2.53. The third-order valence-corrected chi connectivity index (χ3v) is 3.92. The summed E-state index contributed by atoms with van der Waals surface area (Å²) >= 11 is 1.69. The van der Waals surface area contributed by atoms with Crippen molar-refractivity contribution in [2.75, 3.05) is 0 Å². The number of hydrogen-bond acceptors (Lipinski definition) is 4. The predicted molar refractivity (Wildman–Crippen MR) is 69.9 cm³/mol. The summed E-state index contributed by atoms with van der Waals surface area (Å²) in [6, 6.07) is 9.04. The molecule has 1 fully saturated rings. The van der Waals surface area contributed by atoms with Crippen molar-refractivity contribution in [1.82, 2.24) is 15.5 Å². The van der Waals surface area contributed by atoms with Crippen LogP contribution in [0.4, 0.5) is 0 Å². The van der Waals surface area contributed by atoms with Gasteiger partial charge in [0, 0.05) is 18.2 Å². The lowest BCUT2D eigenvalue weighted by Gasteiger charge is -1.99. The molecule has 1 aliphatic carbocycles. The highest BCUT2D eigenvalue weighted by molar-refractivity contribution is 7.14. The van der Waals surface area contributed by atoms with Gasteiger partial charge in [0.2, 0.25) is 0 Å². The quantitative estimate of drug-likeness (QED) is 0.900. The van der Waals surface area contributed by atoms with Crippen LogP contribution in [0.3, 0.4) is 0 Å². The lowest BCUT2D eigenvalue weighted by Crippen LogP contribution is -2.14. The predicted octanol–water partition coefficient (Wildman–Crippen LogP) is 2.77. The number of aryl methyl sites for hydroxylation is 1. The van der Waals surface area contributed by atoms with Gasteiger partial charge in [-0.2, -0.15) is 0 Å². The van der Waals surface area contributed by atoms with Crippen LogP contribution in [-0.2, 0) is 6.54 Å². The van der Waals surface area contributed by atoms with Gasteiger partial charge >= 0.3 is 0 Å². The first-order valence-corrected chi connectivity index (χ1v) is 6.76. The molecule has 1 aromatic carbocycles. The molecule has 4 heteroatoms. The minimum absolute atomic E-state index is 0.723. The zero-order valence-corrected chi connectivity index (χ0v) is 10.6. The maximum Gasteiger partial charge on any atom is 0.148 e. The summed E-state index contributed by atoms with van der Waals surface area (Å²) in [6.45, 7) is 2.97. The Kier molecular flexibility index (Phi) is 2.91. The van der Waals surface area contributed by atoms with Gasteiger partial charge in [-0.25, -0.2) is 0 Å². The fraction of sp³-hybridized carbons (Fsp3) is 0.385. The third-order valence-electron chi connectivity index (χ3n) is 2.96. The van der Waals surface area contributed by atoms with Crippen LogP contribution in [0.5, 0.6) is 0 Å². The summed E-state index contributed by atoms with van der Waals surface area (Å²) in [5.74, 6) is 0. The van der Waals surface area contributed by atoms with E-state index in [0.29, 0.717) is 0 Å². The summed E-state index contributed by atoms with van der Waals surface area (Å²) in [5.41, 5.74) is 2.45. The van der Waals surface area contributed by atoms with E-state index in [1.54, 1.807) is 11.3 Å². The average molecular weight is 245 g/mol. The van der Waals surface area contributed by atoms with Crippen molar-refractivity contribution >= 4 is 11.3 Å². The summed E-state index contributed by atoms with van der Waals surface area (Å²) in [4.78, 5) is 0. The van der Waals surface area contributed by atoms with E-state index in [1.165, 1.54) is 24.0 Å². The maximum atomic E-state index is 4.27. The molecule has 1 heterocycles. The van der Waals surface area contributed by atoms with Crippen molar-refractivity contribution in [2.24, 2.45) is 0 Å². The molecule has 0 atom stereocenters. The van der Waals surface area contributed by atoms with Crippen molar-refractivity contribution in [1.29, 1.82) is 0 Å². The van der Waals surface area contributed by atoms with Gasteiger partial charge < -0.3 is 5.32 Å². The Bertz CT molecular complexity index is 517. The van der Waals surface area contributed by atoms with Gasteiger partial charge in [0.15, 0.2) is 0 Å². The zero-order valence-electron chi connectivity index (χ0n) is 9.81. The van der Waals surface area contributed by atoms with Crippen LogP contribution >= 0.6 is 11.3 Å². The molecule has 0 amide bonds. The minimum Gasteiger partial charge on any atom is -0.308 e. The van der Waals surface area contributed by atoms with Gasteiger partial charge in [0.1, 0.15) is 10.0 Å². The molecule has 3 nitrogen and oxygen atoms in total. The maximum absolute atomic E-state index is 4.27. The molecule has 0 saturated heterocycles. The molecule has 1 N–H and O–H groups in total. The van der Waals surface area contributed by atoms with Crippen molar-refractivity contribution in [3.05, 3.63) is 34.8 Å². The first kappa shape index (κ1) is 10.9. The van der Waals surface area contributed by atoms with Gasteiger partial charge in [-0.3, -0.25) is 0 Å². The molecule has 0 unspecified atom stereocenters.